The van der Waals surface area contributed by atoms with Crippen LogP contribution < -0.4 is 0 Å². The summed E-state index contributed by atoms with van der Waals surface area (Å²) in [6, 6.07) is 39.7. The standard InChI is InChI=1S/C33H33ClN2O/c1-35(32(37)23-31(25-12-5-2-6-13-25)26-14-7-3-8-15-26)30-20-21-36(24-30)33(27-16-9-4-10-17-27)28-18-11-19-29(34)22-28/h2-19,22,30-31,33H,20-21,23-24H2,1H3/t30-,33?/m1/s1. The highest BCUT2D eigenvalue weighted by Crippen LogP contribution is 2.34. The molecule has 3 nitrogen and oxygen atoms in total. The molecule has 1 heterocycles. The predicted octanol–water partition coefficient (Wildman–Crippen LogP) is 7.18. The van der Waals surface area contributed by atoms with Gasteiger partial charge >= 0.3 is 0 Å². The lowest BCUT2D eigenvalue weighted by Crippen LogP contribution is -2.40. The number of likely N-dealkylation sites (N-methyl/N-ethyl adjacent to an activating group) is 1. The lowest BCUT2D eigenvalue weighted by molar-refractivity contribution is -0.132. The van der Waals surface area contributed by atoms with Gasteiger partial charge in [0.25, 0.3) is 0 Å². The maximum absolute atomic E-state index is 13.6. The smallest absolute Gasteiger partial charge is 0.223 e. The molecule has 1 fully saturated rings. The van der Waals surface area contributed by atoms with Crippen LogP contribution in [0.5, 0.6) is 0 Å². The minimum atomic E-state index is 0.0402. The largest absolute Gasteiger partial charge is 0.341 e. The first-order valence-corrected chi connectivity index (χ1v) is 13.4. The van der Waals surface area contributed by atoms with E-state index in [1.54, 1.807) is 0 Å². The van der Waals surface area contributed by atoms with Crippen molar-refractivity contribution in [3.05, 3.63) is 143 Å². The van der Waals surface area contributed by atoms with Gasteiger partial charge in [0.05, 0.1) is 6.04 Å². The van der Waals surface area contributed by atoms with Crippen LogP contribution in [0.3, 0.4) is 0 Å². The van der Waals surface area contributed by atoms with Crippen LogP contribution in [0, 0.1) is 0 Å². The van der Waals surface area contributed by atoms with Crippen molar-refractivity contribution in [2.75, 3.05) is 20.1 Å². The Morgan fingerprint density at radius 3 is 1.92 bits per heavy atom. The molecule has 0 radical (unpaired) electrons. The molecule has 4 heteroatoms. The topological polar surface area (TPSA) is 23.6 Å². The van der Waals surface area contributed by atoms with E-state index < -0.39 is 0 Å². The number of hydrogen-bond donors (Lipinski definition) is 0. The number of nitrogens with zero attached hydrogens (tertiary/aromatic N) is 2. The molecule has 0 saturated carbocycles. The van der Waals surface area contributed by atoms with E-state index in [1.165, 1.54) is 22.3 Å². The molecule has 1 saturated heterocycles. The molecule has 1 amide bonds. The van der Waals surface area contributed by atoms with Crippen molar-refractivity contribution in [3.63, 3.8) is 0 Å². The van der Waals surface area contributed by atoms with Crippen molar-refractivity contribution in [2.24, 2.45) is 0 Å². The van der Waals surface area contributed by atoms with Gasteiger partial charge in [-0.3, -0.25) is 9.69 Å². The zero-order chi connectivity index (χ0) is 25.6. The van der Waals surface area contributed by atoms with Crippen LogP contribution in [0.4, 0.5) is 0 Å². The molecule has 0 N–H and O–H groups in total. The molecule has 4 aromatic rings. The number of amides is 1. The van der Waals surface area contributed by atoms with Crippen LogP contribution in [0.2, 0.25) is 5.02 Å². The van der Waals surface area contributed by atoms with Gasteiger partial charge in [0.1, 0.15) is 0 Å². The Labute approximate surface area is 225 Å². The van der Waals surface area contributed by atoms with Crippen molar-refractivity contribution >= 4 is 17.5 Å². The van der Waals surface area contributed by atoms with Crippen molar-refractivity contribution < 1.29 is 4.79 Å². The lowest BCUT2D eigenvalue weighted by Gasteiger charge is -2.31. The third-order valence-electron chi connectivity index (χ3n) is 7.56. The van der Waals surface area contributed by atoms with Gasteiger partial charge in [-0.05, 0) is 40.8 Å². The van der Waals surface area contributed by atoms with Gasteiger partial charge in [-0.1, -0.05) is 115 Å². The molecule has 0 aliphatic carbocycles. The van der Waals surface area contributed by atoms with Gasteiger partial charge in [0, 0.05) is 43.5 Å². The Morgan fingerprint density at radius 2 is 1.35 bits per heavy atom. The molecule has 0 spiro atoms. The van der Waals surface area contributed by atoms with Crippen LogP contribution in [0.25, 0.3) is 0 Å². The highest BCUT2D eigenvalue weighted by Gasteiger charge is 2.34. The second kappa shape index (κ2) is 11.8. The average molecular weight is 509 g/mol. The number of carbonyl (C=O) groups is 1. The summed E-state index contributed by atoms with van der Waals surface area (Å²) in [5, 5.41) is 0.745. The van der Waals surface area contributed by atoms with Crippen LogP contribution in [-0.4, -0.2) is 41.9 Å². The van der Waals surface area contributed by atoms with Crippen molar-refractivity contribution in [2.45, 2.75) is 30.8 Å². The third kappa shape index (κ3) is 5.95. The van der Waals surface area contributed by atoms with E-state index in [9.17, 15) is 4.79 Å². The maximum Gasteiger partial charge on any atom is 0.223 e. The van der Waals surface area contributed by atoms with E-state index in [-0.39, 0.29) is 23.9 Å². The van der Waals surface area contributed by atoms with E-state index in [2.05, 4.69) is 65.6 Å². The average Bonchev–Trinajstić information content (AvgIpc) is 3.42. The maximum atomic E-state index is 13.6. The molecule has 1 aliphatic heterocycles. The van der Waals surface area contributed by atoms with E-state index in [0.717, 1.165) is 24.5 Å². The molecular weight excluding hydrogens is 476 g/mol. The van der Waals surface area contributed by atoms with Crippen molar-refractivity contribution in [1.82, 2.24) is 9.80 Å². The van der Waals surface area contributed by atoms with Gasteiger partial charge in [-0.15, -0.1) is 0 Å². The minimum Gasteiger partial charge on any atom is -0.341 e. The first-order valence-electron chi connectivity index (χ1n) is 13.0. The van der Waals surface area contributed by atoms with Crippen LogP contribution >= 0.6 is 11.6 Å². The summed E-state index contributed by atoms with van der Waals surface area (Å²) in [6.07, 6.45) is 1.41. The Balaban J connectivity index is 1.33. The fourth-order valence-corrected chi connectivity index (χ4v) is 5.76. The number of carbonyl (C=O) groups excluding carboxylic acids is 1. The Bertz CT molecular complexity index is 1260. The predicted molar refractivity (Wildman–Crippen MR) is 152 cm³/mol. The lowest BCUT2D eigenvalue weighted by atomic mass is 9.88. The van der Waals surface area contributed by atoms with Crippen LogP contribution in [0.1, 0.15) is 47.1 Å². The summed E-state index contributed by atoms with van der Waals surface area (Å²) in [7, 11) is 1.97. The SMILES string of the molecule is CN(C(=O)CC(c1ccccc1)c1ccccc1)[C@@H]1CCN(C(c2ccccc2)c2cccc(Cl)c2)C1. The Kier molecular flexibility index (Phi) is 8.03. The number of halogens is 1. The molecule has 5 rings (SSSR count). The number of rotatable bonds is 8. The second-order valence-electron chi connectivity index (χ2n) is 9.89. The zero-order valence-corrected chi connectivity index (χ0v) is 22.0. The zero-order valence-electron chi connectivity index (χ0n) is 21.2. The van der Waals surface area contributed by atoms with Gasteiger partial charge in [-0.25, -0.2) is 0 Å². The number of hydrogen-bond acceptors (Lipinski definition) is 2. The fourth-order valence-electron chi connectivity index (χ4n) is 5.57. The second-order valence-corrected chi connectivity index (χ2v) is 10.3. The number of likely N-dealkylation sites (tertiary alicyclic amines) is 1. The molecule has 0 bridgehead atoms. The molecule has 4 aromatic carbocycles. The Morgan fingerprint density at radius 1 is 0.811 bits per heavy atom. The highest BCUT2D eigenvalue weighted by molar-refractivity contribution is 6.30. The monoisotopic (exact) mass is 508 g/mol. The quantitative estimate of drug-likeness (QED) is 0.251. The van der Waals surface area contributed by atoms with E-state index in [0.29, 0.717) is 6.42 Å². The normalized spacial score (nSPS) is 16.6. The van der Waals surface area contributed by atoms with E-state index >= 15 is 0 Å². The highest BCUT2D eigenvalue weighted by atomic mass is 35.5. The summed E-state index contributed by atoms with van der Waals surface area (Å²) in [5.74, 6) is 0.224. The first kappa shape index (κ1) is 25.3. The van der Waals surface area contributed by atoms with Crippen LogP contribution in [0.15, 0.2) is 115 Å². The van der Waals surface area contributed by atoms with Gasteiger partial charge in [0.2, 0.25) is 5.91 Å². The summed E-state index contributed by atoms with van der Waals surface area (Å²) in [4.78, 5) is 18.1. The molecule has 188 valence electrons. The summed E-state index contributed by atoms with van der Waals surface area (Å²) >= 11 is 6.38. The van der Waals surface area contributed by atoms with Crippen LogP contribution in [-0.2, 0) is 4.79 Å². The fraction of sp³-hybridized carbons (Fsp3) is 0.242. The molecule has 0 aromatic heterocycles. The molecule has 37 heavy (non-hydrogen) atoms. The number of benzene rings is 4. The third-order valence-corrected chi connectivity index (χ3v) is 7.80. The molecule has 2 atom stereocenters. The van der Waals surface area contributed by atoms with E-state index in [1.807, 2.05) is 66.5 Å². The van der Waals surface area contributed by atoms with Gasteiger partial charge in [-0.2, -0.15) is 0 Å². The summed E-state index contributed by atoms with van der Waals surface area (Å²) in [5.41, 5.74) is 4.77. The molecule has 1 unspecified atom stereocenters. The van der Waals surface area contributed by atoms with Crippen molar-refractivity contribution in [3.8, 4) is 0 Å². The van der Waals surface area contributed by atoms with Crippen molar-refractivity contribution in [1.29, 1.82) is 0 Å². The Hall–Kier alpha value is -3.40. The van der Waals surface area contributed by atoms with Gasteiger partial charge < -0.3 is 4.90 Å². The van der Waals surface area contributed by atoms with Gasteiger partial charge in [0.15, 0.2) is 0 Å². The molecule has 1 aliphatic rings. The summed E-state index contributed by atoms with van der Waals surface area (Å²) < 4.78 is 0. The minimum absolute atomic E-state index is 0.0402. The van der Waals surface area contributed by atoms with E-state index in [4.69, 9.17) is 11.6 Å². The molecular formula is C33H33ClN2O. The summed E-state index contributed by atoms with van der Waals surface area (Å²) in [6.45, 7) is 1.75. The first-order chi connectivity index (χ1) is 18.1.